The topological polar surface area (TPSA) is 55.0 Å². The maximum atomic E-state index is 11.6. The highest BCUT2D eigenvalue weighted by atomic mass is 79.9. The molecule has 0 fully saturated rings. The number of hydrogen-bond acceptors (Lipinski definition) is 3. The fraction of sp³-hybridized carbons (Fsp3) is 0.111. The van der Waals surface area contributed by atoms with E-state index < -0.39 is 0 Å². The van der Waals surface area contributed by atoms with Crippen LogP contribution in [0.5, 0.6) is 5.75 Å². The van der Waals surface area contributed by atoms with Gasteiger partial charge in [-0.1, -0.05) is 0 Å². The molecule has 2 rings (SSSR count). The SMILES string of the molecule is COc1c(Br)cc(Br)c2nc[nH]c(=O)c12. The predicted octanol–water partition coefficient (Wildman–Crippen LogP) is 2.46. The maximum absolute atomic E-state index is 11.6. The van der Waals surface area contributed by atoms with Crippen LogP contribution in [0.1, 0.15) is 0 Å². The Morgan fingerprint density at radius 1 is 1.40 bits per heavy atom. The van der Waals surface area contributed by atoms with Crippen LogP contribution in [0.3, 0.4) is 0 Å². The zero-order valence-electron chi connectivity index (χ0n) is 7.67. The fourth-order valence-electron chi connectivity index (χ4n) is 1.36. The number of nitrogens with one attached hydrogen (secondary N) is 1. The summed E-state index contributed by atoms with van der Waals surface area (Å²) in [6, 6.07) is 1.80. The van der Waals surface area contributed by atoms with Gasteiger partial charge in [0, 0.05) is 4.47 Å². The third kappa shape index (κ3) is 1.68. The van der Waals surface area contributed by atoms with Crippen molar-refractivity contribution in [1.29, 1.82) is 0 Å². The summed E-state index contributed by atoms with van der Waals surface area (Å²) in [5.41, 5.74) is 0.359. The molecule has 0 radical (unpaired) electrons. The lowest BCUT2D eigenvalue weighted by Crippen LogP contribution is -2.08. The number of aromatic amines is 1. The Kier molecular flexibility index (Phi) is 2.79. The summed E-state index contributed by atoms with van der Waals surface area (Å²) in [7, 11) is 1.51. The number of aromatic nitrogens is 2. The van der Waals surface area contributed by atoms with Gasteiger partial charge in [-0.3, -0.25) is 4.79 Å². The average molecular weight is 334 g/mol. The van der Waals surface area contributed by atoms with Crippen molar-refractivity contribution >= 4 is 42.8 Å². The second kappa shape index (κ2) is 3.94. The molecule has 4 nitrogen and oxygen atoms in total. The number of halogens is 2. The van der Waals surface area contributed by atoms with Crippen molar-refractivity contribution in [3.63, 3.8) is 0 Å². The number of ether oxygens (including phenoxy) is 1. The van der Waals surface area contributed by atoms with Gasteiger partial charge < -0.3 is 9.72 Å². The van der Waals surface area contributed by atoms with Crippen LogP contribution in [0.2, 0.25) is 0 Å². The number of nitrogens with zero attached hydrogens (tertiary/aromatic N) is 1. The number of H-pyrrole nitrogens is 1. The van der Waals surface area contributed by atoms with Gasteiger partial charge in [0.05, 0.1) is 23.4 Å². The van der Waals surface area contributed by atoms with E-state index >= 15 is 0 Å². The van der Waals surface area contributed by atoms with Gasteiger partial charge >= 0.3 is 0 Å². The van der Waals surface area contributed by atoms with Crippen LogP contribution >= 0.6 is 31.9 Å². The van der Waals surface area contributed by atoms with Gasteiger partial charge in [-0.2, -0.15) is 0 Å². The quantitative estimate of drug-likeness (QED) is 0.872. The van der Waals surface area contributed by atoms with E-state index in [-0.39, 0.29) is 5.56 Å². The molecule has 78 valence electrons. The zero-order valence-corrected chi connectivity index (χ0v) is 10.8. The van der Waals surface area contributed by atoms with Gasteiger partial charge in [0.2, 0.25) is 0 Å². The minimum Gasteiger partial charge on any atom is -0.495 e. The van der Waals surface area contributed by atoms with E-state index in [1.165, 1.54) is 13.4 Å². The highest BCUT2D eigenvalue weighted by Gasteiger charge is 2.13. The molecule has 0 aliphatic heterocycles. The maximum Gasteiger partial charge on any atom is 0.262 e. The van der Waals surface area contributed by atoms with Gasteiger partial charge in [0.25, 0.3) is 5.56 Å². The minimum absolute atomic E-state index is 0.223. The molecular weight excluding hydrogens is 328 g/mol. The average Bonchev–Trinajstić information content (AvgIpc) is 2.20. The first kappa shape index (κ1) is 10.6. The summed E-state index contributed by atoms with van der Waals surface area (Å²) in [5, 5.41) is 0.432. The Morgan fingerprint density at radius 3 is 2.80 bits per heavy atom. The van der Waals surface area contributed by atoms with Crippen molar-refractivity contribution in [1.82, 2.24) is 9.97 Å². The summed E-state index contributed by atoms with van der Waals surface area (Å²) in [6.07, 6.45) is 1.36. The highest BCUT2D eigenvalue weighted by molar-refractivity contribution is 9.11. The minimum atomic E-state index is -0.223. The van der Waals surface area contributed by atoms with E-state index in [1.807, 2.05) is 0 Å². The lowest BCUT2D eigenvalue weighted by molar-refractivity contribution is 0.416. The smallest absolute Gasteiger partial charge is 0.262 e. The summed E-state index contributed by atoms with van der Waals surface area (Å²) in [6.45, 7) is 0. The standard InChI is InChI=1S/C9H6Br2N2O2/c1-15-8-5(11)2-4(10)7-6(8)9(14)13-3-12-7/h2-3H,1H3,(H,12,13,14). The molecule has 0 spiro atoms. The Bertz CT molecular complexity index is 580. The fourth-order valence-corrected chi connectivity index (χ4v) is 2.78. The molecule has 15 heavy (non-hydrogen) atoms. The summed E-state index contributed by atoms with van der Waals surface area (Å²) < 4.78 is 6.62. The molecule has 1 N–H and O–H groups in total. The first-order chi connectivity index (χ1) is 7.15. The van der Waals surface area contributed by atoms with Gasteiger partial charge in [0.15, 0.2) is 0 Å². The monoisotopic (exact) mass is 332 g/mol. The van der Waals surface area contributed by atoms with Gasteiger partial charge in [-0.15, -0.1) is 0 Å². The van der Waals surface area contributed by atoms with E-state index in [2.05, 4.69) is 41.8 Å². The second-order valence-corrected chi connectivity index (χ2v) is 4.54. The first-order valence-electron chi connectivity index (χ1n) is 4.04. The van der Waals surface area contributed by atoms with Crippen molar-refractivity contribution in [3.8, 4) is 5.75 Å². The summed E-state index contributed by atoms with van der Waals surface area (Å²) in [4.78, 5) is 18.2. The summed E-state index contributed by atoms with van der Waals surface area (Å²) in [5.74, 6) is 0.488. The van der Waals surface area contributed by atoms with E-state index in [9.17, 15) is 4.79 Å². The lowest BCUT2D eigenvalue weighted by atomic mass is 10.2. The third-order valence-corrected chi connectivity index (χ3v) is 3.17. The van der Waals surface area contributed by atoms with Crippen LogP contribution in [0.15, 0.2) is 26.1 Å². The number of benzene rings is 1. The van der Waals surface area contributed by atoms with Crippen molar-refractivity contribution in [2.45, 2.75) is 0 Å². The third-order valence-electron chi connectivity index (χ3n) is 1.98. The Morgan fingerprint density at radius 2 is 2.13 bits per heavy atom. The van der Waals surface area contributed by atoms with Crippen LogP contribution < -0.4 is 10.3 Å². The van der Waals surface area contributed by atoms with Crippen LogP contribution in [0, 0.1) is 0 Å². The second-order valence-electron chi connectivity index (χ2n) is 2.83. The molecule has 0 saturated heterocycles. The van der Waals surface area contributed by atoms with Crippen molar-refractivity contribution in [3.05, 3.63) is 31.7 Å². The largest absolute Gasteiger partial charge is 0.495 e. The van der Waals surface area contributed by atoms with Crippen molar-refractivity contribution in [2.75, 3.05) is 7.11 Å². The number of rotatable bonds is 1. The number of fused-ring (bicyclic) bond motifs is 1. The molecule has 0 aliphatic rings. The van der Waals surface area contributed by atoms with E-state index in [4.69, 9.17) is 4.74 Å². The molecule has 1 aromatic carbocycles. The first-order valence-corrected chi connectivity index (χ1v) is 5.63. The number of hydrogen-bond donors (Lipinski definition) is 1. The molecule has 1 heterocycles. The van der Waals surface area contributed by atoms with E-state index in [0.717, 1.165) is 4.47 Å². The van der Waals surface area contributed by atoms with Crippen LogP contribution in [0.4, 0.5) is 0 Å². The molecule has 0 bridgehead atoms. The van der Waals surface area contributed by atoms with Gasteiger partial charge in [-0.25, -0.2) is 4.98 Å². The zero-order chi connectivity index (χ0) is 11.0. The van der Waals surface area contributed by atoms with E-state index in [1.54, 1.807) is 6.07 Å². The molecule has 0 unspecified atom stereocenters. The van der Waals surface area contributed by atoms with Crippen molar-refractivity contribution in [2.24, 2.45) is 0 Å². The Labute approximate surface area is 102 Å². The lowest BCUT2D eigenvalue weighted by Gasteiger charge is -2.07. The van der Waals surface area contributed by atoms with Gasteiger partial charge in [0.1, 0.15) is 11.1 Å². The number of methoxy groups -OCH3 is 1. The van der Waals surface area contributed by atoms with Crippen molar-refractivity contribution < 1.29 is 4.74 Å². The molecule has 0 amide bonds. The Hall–Kier alpha value is -0.880. The molecule has 0 atom stereocenters. The highest BCUT2D eigenvalue weighted by Crippen LogP contribution is 2.35. The molecule has 6 heteroatoms. The van der Waals surface area contributed by atoms with Gasteiger partial charge in [-0.05, 0) is 37.9 Å². The molecule has 2 aromatic rings. The van der Waals surface area contributed by atoms with Crippen LogP contribution in [0.25, 0.3) is 10.9 Å². The predicted molar refractivity (Wildman–Crippen MR) is 64.3 cm³/mol. The Balaban J connectivity index is 3.05. The summed E-state index contributed by atoms with van der Waals surface area (Å²) >= 11 is 6.67. The van der Waals surface area contributed by atoms with Crippen LogP contribution in [-0.4, -0.2) is 17.1 Å². The normalized spacial score (nSPS) is 10.6. The molecular formula is C9H6Br2N2O2. The molecule has 1 aromatic heterocycles. The van der Waals surface area contributed by atoms with E-state index in [0.29, 0.717) is 21.1 Å². The molecule has 0 saturated carbocycles. The molecule has 0 aliphatic carbocycles. The van der Waals surface area contributed by atoms with Crippen LogP contribution in [-0.2, 0) is 0 Å².